The lowest BCUT2D eigenvalue weighted by Gasteiger charge is -2.28. The number of carbonyl (C=O) groups excluding carboxylic acids is 3. The van der Waals surface area contributed by atoms with Gasteiger partial charge in [-0.1, -0.05) is 12.1 Å². The van der Waals surface area contributed by atoms with Crippen molar-refractivity contribution in [3.05, 3.63) is 48.5 Å². The smallest absolute Gasteiger partial charge is 0.387 e. The van der Waals surface area contributed by atoms with Gasteiger partial charge < -0.3 is 19.5 Å². The van der Waals surface area contributed by atoms with Crippen molar-refractivity contribution in [2.45, 2.75) is 6.61 Å². The third-order valence-electron chi connectivity index (χ3n) is 3.82. The normalized spacial score (nSPS) is 12.8. The molecule has 152 valence electrons. The number of halogens is 2. The van der Waals surface area contributed by atoms with Crippen LogP contribution in [0.25, 0.3) is 0 Å². The van der Waals surface area contributed by atoms with Gasteiger partial charge in [0.2, 0.25) is 0 Å². The molecule has 0 radical (unpaired) electrons. The van der Waals surface area contributed by atoms with E-state index in [1.807, 2.05) is 0 Å². The molecule has 0 saturated heterocycles. The van der Waals surface area contributed by atoms with Gasteiger partial charge in [-0.3, -0.25) is 19.3 Å². The molecule has 2 amide bonds. The van der Waals surface area contributed by atoms with Gasteiger partial charge in [0.1, 0.15) is 18.0 Å². The quantitative estimate of drug-likeness (QED) is 0.709. The summed E-state index contributed by atoms with van der Waals surface area (Å²) in [5, 5.41) is 2.45. The zero-order valence-electron chi connectivity index (χ0n) is 15.0. The number of para-hydroxylation sites is 2. The van der Waals surface area contributed by atoms with Crippen molar-refractivity contribution >= 4 is 29.2 Å². The lowest BCUT2D eigenvalue weighted by Crippen LogP contribution is -2.42. The van der Waals surface area contributed by atoms with E-state index in [0.717, 1.165) is 0 Å². The second kappa shape index (κ2) is 9.00. The van der Waals surface area contributed by atoms with Crippen LogP contribution in [0.1, 0.15) is 0 Å². The third-order valence-corrected chi connectivity index (χ3v) is 3.82. The monoisotopic (exact) mass is 406 g/mol. The number of ether oxygens (including phenoxy) is 3. The molecule has 2 aromatic rings. The molecule has 0 bridgehead atoms. The summed E-state index contributed by atoms with van der Waals surface area (Å²) in [6.45, 7) is -4.09. The fraction of sp³-hybridized carbons (Fsp3) is 0.211. The van der Waals surface area contributed by atoms with E-state index in [1.165, 1.54) is 29.2 Å². The van der Waals surface area contributed by atoms with Crippen LogP contribution >= 0.6 is 0 Å². The maximum Gasteiger partial charge on any atom is 0.387 e. The molecular weight excluding hydrogens is 390 g/mol. The van der Waals surface area contributed by atoms with E-state index in [-0.39, 0.29) is 18.9 Å². The highest BCUT2D eigenvalue weighted by atomic mass is 19.3. The van der Waals surface area contributed by atoms with Crippen LogP contribution in [-0.4, -0.2) is 44.2 Å². The fourth-order valence-electron chi connectivity index (χ4n) is 2.56. The van der Waals surface area contributed by atoms with Crippen LogP contribution in [0.15, 0.2) is 48.5 Å². The first kappa shape index (κ1) is 20.1. The SMILES string of the molecule is O=C(COC(=O)CN1C(=O)COc2ccccc21)Nc1ccc(OC(F)F)cc1. The van der Waals surface area contributed by atoms with Gasteiger partial charge in [0.25, 0.3) is 11.8 Å². The minimum absolute atomic E-state index is 0.0557. The van der Waals surface area contributed by atoms with E-state index in [0.29, 0.717) is 17.1 Å². The van der Waals surface area contributed by atoms with Crippen molar-refractivity contribution < 1.29 is 37.4 Å². The molecule has 1 aliphatic heterocycles. The van der Waals surface area contributed by atoms with Gasteiger partial charge in [-0.2, -0.15) is 8.78 Å². The van der Waals surface area contributed by atoms with Crippen molar-refractivity contribution in [3.63, 3.8) is 0 Å². The van der Waals surface area contributed by atoms with Crippen LogP contribution in [0.2, 0.25) is 0 Å². The highest BCUT2D eigenvalue weighted by molar-refractivity contribution is 6.01. The highest BCUT2D eigenvalue weighted by Gasteiger charge is 2.27. The third kappa shape index (κ3) is 5.41. The zero-order chi connectivity index (χ0) is 20.8. The summed E-state index contributed by atoms with van der Waals surface area (Å²) < 4.78 is 38.6. The van der Waals surface area contributed by atoms with Crippen molar-refractivity contribution in [1.82, 2.24) is 0 Å². The molecule has 29 heavy (non-hydrogen) atoms. The molecule has 0 fully saturated rings. The number of carbonyl (C=O) groups is 3. The van der Waals surface area contributed by atoms with E-state index >= 15 is 0 Å². The molecule has 1 aliphatic rings. The molecule has 1 N–H and O–H groups in total. The van der Waals surface area contributed by atoms with E-state index in [1.54, 1.807) is 24.3 Å². The van der Waals surface area contributed by atoms with E-state index < -0.39 is 31.0 Å². The Bertz CT molecular complexity index is 904. The van der Waals surface area contributed by atoms with Gasteiger partial charge in [-0.25, -0.2) is 0 Å². The van der Waals surface area contributed by atoms with Gasteiger partial charge >= 0.3 is 12.6 Å². The average Bonchev–Trinajstić information content (AvgIpc) is 2.70. The van der Waals surface area contributed by atoms with Crippen molar-refractivity contribution in [1.29, 1.82) is 0 Å². The summed E-state index contributed by atoms with van der Waals surface area (Å²) in [5.41, 5.74) is 0.751. The summed E-state index contributed by atoms with van der Waals surface area (Å²) in [7, 11) is 0. The molecule has 3 rings (SSSR count). The largest absolute Gasteiger partial charge is 0.482 e. The van der Waals surface area contributed by atoms with Gasteiger partial charge in [0.15, 0.2) is 13.2 Å². The second-order valence-corrected chi connectivity index (χ2v) is 5.85. The fourth-order valence-corrected chi connectivity index (χ4v) is 2.56. The Balaban J connectivity index is 1.49. The minimum atomic E-state index is -2.94. The highest BCUT2D eigenvalue weighted by Crippen LogP contribution is 2.31. The number of alkyl halides is 2. The summed E-state index contributed by atoms with van der Waals surface area (Å²) in [6, 6.07) is 12.0. The van der Waals surface area contributed by atoms with Crippen molar-refractivity contribution in [3.8, 4) is 11.5 Å². The maximum atomic E-state index is 12.1. The standard InChI is InChI=1S/C19H16F2N2O6/c20-19(21)29-13-7-5-12(6-8-13)22-16(24)10-28-18(26)9-23-14-3-1-2-4-15(14)27-11-17(23)25/h1-8,19H,9-11H2,(H,22,24). The van der Waals surface area contributed by atoms with Crippen molar-refractivity contribution in [2.24, 2.45) is 0 Å². The molecule has 2 aromatic carbocycles. The number of esters is 1. The van der Waals surface area contributed by atoms with Gasteiger partial charge in [0, 0.05) is 5.69 Å². The molecule has 0 unspecified atom stereocenters. The number of rotatable bonds is 7. The number of hydrogen-bond acceptors (Lipinski definition) is 6. The van der Waals surface area contributed by atoms with Crippen LogP contribution in [0.3, 0.4) is 0 Å². The Hall–Kier alpha value is -3.69. The number of benzene rings is 2. The van der Waals surface area contributed by atoms with Crippen LogP contribution < -0.4 is 19.7 Å². The lowest BCUT2D eigenvalue weighted by molar-refractivity contribution is -0.146. The van der Waals surface area contributed by atoms with E-state index in [4.69, 9.17) is 9.47 Å². The van der Waals surface area contributed by atoms with E-state index in [9.17, 15) is 23.2 Å². The first-order valence-electron chi connectivity index (χ1n) is 8.45. The molecule has 10 heteroatoms. The van der Waals surface area contributed by atoms with Crippen LogP contribution in [0.5, 0.6) is 11.5 Å². The number of nitrogens with zero attached hydrogens (tertiary/aromatic N) is 1. The maximum absolute atomic E-state index is 12.1. The number of hydrogen-bond donors (Lipinski definition) is 1. The Morgan fingerprint density at radius 2 is 1.86 bits per heavy atom. The average molecular weight is 406 g/mol. The topological polar surface area (TPSA) is 94.2 Å². The summed E-state index contributed by atoms with van der Waals surface area (Å²) >= 11 is 0. The van der Waals surface area contributed by atoms with E-state index in [2.05, 4.69) is 10.1 Å². The van der Waals surface area contributed by atoms with Crippen molar-refractivity contribution in [2.75, 3.05) is 30.0 Å². The lowest BCUT2D eigenvalue weighted by atomic mass is 10.2. The van der Waals surface area contributed by atoms with Gasteiger partial charge in [-0.15, -0.1) is 0 Å². The first-order valence-corrected chi connectivity index (χ1v) is 8.45. The number of nitrogens with one attached hydrogen (secondary N) is 1. The van der Waals surface area contributed by atoms with Crippen LogP contribution in [0, 0.1) is 0 Å². The number of fused-ring (bicyclic) bond motifs is 1. The second-order valence-electron chi connectivity index (χ2n) is 5.85. The van der Waals surface area contributed by atoms with Gasteiger partial charge in [0.05, 0.1) is 5.69 Å². The summed E-state index contributed by atoms with van der Waals surface area (Å²) in [6.07, 6.45) is 0. The molecule has 8 nitrogen and oxygen atoms in total. The first-order chi connectivity index (χ1) is 13.9. The molecule has 0 aromatic heterocycles. The minimum Gasteiger partial charge on any atom is -0.482 e. The predicted molar refractivity (Wildman–Crippen MR) is 97.0 cm³/mol. The van der Waals surface area contributed by atoms with Crippen LogP contribution in [0.4, 0.5) is 20.2 Å². The Morgan fingerprint density at radius 1 is 1.14 bits per heavy atom. The molecule has 1 heterocycles. The number of anilines is 2. The predicted octanol–water partition coefficient (Wildman–Crippen LogP) is 2.20. The Kier molecular flexibility index (Phi) is 6.22. The molecule has 0 saturated carbocycles. The number of amides is 2. The Morgan fingerprint density at radius 3 is 2.59 bits per heavy atom. The molecule has 0 aliphatic carbocycles. The molecule has 0 atom stereocenters. The summed E-state index contributed by atoms with van der Waals surface area (Å²) in [4.78, 5) is 37.2. The zero-order valence-corrected chi connectivity index (χ0v) is 15.0. The molecular formula is C19H16F2N2O6. The Labute approximate surface area is 164 Å². The van der Waals surface area contributed by atoms with Gasteiger partial charge in [-0.05, 0) is 36.4 Å². The van der Waals surface area contributed by atoms with Crippen LogP contribution in [-0.2, 0) is 19.1 Å². The molecule has 0 spiro atoms. The summed E-state index contributed by atoms with van der Waals surface area (Å²) in [5.74, 6) is -1.39.